The van der Waals surface area contributed by atoms with Crippen molar-refractivity contribution in [3.8, 4) is 5.75 Å². The monoisotopic (exact) mass is 250 g/mol. The zero-order valence-electron chi connectivity index (χ0n) is 7.57. The van der Waals surface area contributed by atoms with Gasteiger partial charge in [0, 0.05) is 18.7 Å². The predicted molar refractivity (Wildman–Crippen MR) is 57.7 cm³/mol. The molecule has 0 saturated carbocycles. The molecule has 7 heteroatoms. The van der Waals surface area contributed by atoms with Gasteiger partial charge >= 0.3 is 0 Å². The van der Waals surface area contributed by atoms with Gasteiger partial charge in [0.05, 0.1) is 15.0 Å². The second kappa shape index (κ2) is 5.16. The highest BCUT2D eigenvalue weighted by atomic mass is 35.5. The van der Waals surface area contributed by atoms with E-state index in [0.717, 1.165) is 0 Å². The standard InChI is InChI=1S/C8H8Cl2N2O3/c9-6-3-5(12(13)14)4-7(10)8(6)15-2-1-11/h3-4H,1-2,11H2. The largest absolute Gasteiger partial charge is 0.489 e. The van der Waals surface area contributed by atoms with Crippen LogP contribution in [0.15, 0.2) is 12.1 Å². The van der Waals surface area contributed by atoms with E-state index in [2.05, 4.69) is 0 Å². The zero-order valence-corrected chi connectivity index (χ0v) is 9.09. The van der Waals surface area contributed by atoms with Crippen LogP contribution < -0.4 is 10.5 Å². The van der Waals surface area contributed by atoms with E-state index in [1.54, 1.807) is 0 Å². The van der Waals surface area contributed by atoms with E-state index >= 15 is 0 Å². The summed E-state index contributed by atoms with van der Waals surface area (Å²) in [6.45, 7) is 0.556. The number of hydrogen-bond donors (Lipinski definition) is 1. The SMILES string of the molecule is NCCOc1c(Cl)cc([N+](=O)[O-])cc1Cl. The minimum absolute atomic E-state index is 0.0997. The lowest BCUT2D eigenvalue weighted by atomic mass is 10.3. The summed E-state index contributed by atoms with van der Waals surface area (Å²) in [7, 11) is 0. The van der Waals surface area contributed by atoms with E-state index < -0.39 is 4.92 Å². The fourth-order valence-electron chi connectivity index (χ4n) is 0.951. The Hall–Kier alpha value is -1.04. The molecule has 0 amide bonds. The number of rotatable bonds is 4. The quantitative estimate of drug-likeness (QED) is 0.657. The Labute approximate surface area is 95.9 Å². The van der Waals surface area contributed by atoms with Gasteiger partial charge in [0.1, 0.15) is 6.61 Å². The van der Waals surface area contributed by atoms with Crippen LogP contribution >= 0.6 is 23.2 Å². The third-order valence-corrected chi connectivity index (χ3v) is 2.12. The van der Waals surface area contributed by atoms with Gasteiger partial charge in [-0.3, -0.25) is 10.1 Å². The van der Waals surface area contributed by atoms with Crippen molar-refractivity contribution in [2.24, 2.45) is 5.73 Å². The zero-order chi connectivity index (χ0) is 11.4. The van der Waals surface area contributed by atoms with Gasteiger partial charge in [0.25, 0.3) is 5.69 Å². The maximum Gasteiger partial charge on any atom is 0.272 e. The minimum atomic E-state index is -0.579. The minimum Gasteiger partial charge on any atom is -0.489 e. The Kier molecular flexibility index (Phi) is 4.14. The molecule has 0 heterocycles. The summed E-state index contributed by atoms with van der Waals surface area (Å²) in [6.07, 6.45) is 0. The van der Waals surface area contributed by atoms with E-state index in [1.165, 1.54) is 12.1 Å². The van der Waals surface area contributed by atoms with Crippen LogP contribution in [0.5, 0.6) is 5.75 Å². The van der Waals surface area contributed by atoms with E-state index in [-0.39, 0.29) is 28.1 Å². The molecular weight excluding hydrogens is 243 g/mol. The van der Waals surface area contributed by atoms with Crippen molar-refractivity contribution in [1.82, 2.24) is 0 Å². The highest BCUT2D eigenvalue weighted by molar-refractivity contribution is 6.37. The van der Waals surface area contributed by atoms with Gasteiger partial charge in [-0.05, 0) is 0 Å². The molecular formula is C8H8Cl2N2O3. The smallest absolute Gasteiger partial charge is 0.272 e. The van der Waals surface area contributed by atoms with Crippen LogP contribution in [-0.4, -0.2) is 18.1 Å². The van der Waals surface area contributed by atoms with Crippen LogP contribution in [0.25, 0.3) is 0 Å². The number of benzene rings is 1. The summed E-state index contributed by atoms with van der Waals surface area (Å²) in [5, 5.41) is 10.7. The molecule has 0 fully saturated rings. The molecule has 15 heavy (non-hydrogen) atoms. The number of non-ortho nitro benzene ring substituents is 1. The van der Waals surface area contributed by atoms with Crippen molar-refractivity contribution in [1.29, 1.82) is 0 Å². The molecule has 1 rings (SSSR count). The normalized spacial score (nSPS) is 10.1. The summed E-state index contributed by atoms with van der Waals surface area (Å²) >= 11 is 11.5. The van der Waals surface area contributed by atoms with Crippen molar-refractivity contribution >= 4 is 28.9 Å². The Morgan fingerprint density at radius 1 is 1.40 bits per heavy atom. The van der Waals surface area contributed by atoms with Gasteiger partial charge in [-0.1, -0.05) is 23.2 Å². The molecule has 0 saturated heterocycles. The maximum absolute atomic E-state index is 10.5. The van der Waals surface area contributed by atoms with Crippen LogP contribution in [-0.2, 0) is 0 Å². The molecule has 0 radical (unpaired) electrons. The Balaban J connectivity index is 3.04. The molecule has 0 atom stereocenters. The van der Waals surface area contributed by atoms with Crippen molar-refractivity contribution in [2.75, 3.05) is 13.2 Å². The highest BCUT2D eigenvalue weighted by Crippen LogP contribution is 2.36. The van der Waals surface area contributed by atoms with Crippen molar-refractivity contribution in [3.63, 3.8) is 0 Å². The lowest BCUT2D eigenvalue weighted by Crippen LogP contribution is -2.11. The number of nitro groups is 1. The van der Waals surface area contributed by atoms with Crippen molar-refractivity contribution < 1.29 is 9.66 Å². The van der Waals surface area contributed by atoms with E-state index in [1.807, 2.05) is 0 Å². The van der Waals surface area contributed by atoms with Crippen molar-refractivity contribution in [3.05, 3.63) is 32.3 Å². The van der Waals surface area contributed by atoms with Crippen LogP contribution in [0, 0.1) is 10.1 Å². The molecule has 1 aromatic carbocycles. The Morgan fingerprint density at radius 2 is 1.93 bits per heavy atom. The highest BCUT2D eigenvalue weighted by Gasteiger charge is 2.15. The summed E-state index contributed by atoms with van der Waals surface area (Å²) in [5.41, 5.74) is 5.06. The molecule has 0 aliphatic carbocycles. The molecule has 2 N–H and O–H groups in total. The fraction of sp³-hybridized carbons (Fsp3) is 0.250. The van der Waals surface area contributed by atoms with Gasteiger partial charge in [-0.15, -0.1) is 0 Å². The number of halogens is 2. The van der Waals surface area contributed by atoms with Crippen LogP contribution in [0.4, 0.5) is 5.69 Å². The summed E-state index contributed by atoms with van der Waals surface area (Å²) in [4.78, 5) is 9.88. The molecule has 0 aromatic heterocycles. The second-order valence-electron chi connectivity index (χ2n) is 2.63. The molecule has 0 unspecified atom stereocenters. The first-order valence-electron chi connectivity index (χ1n) is 4.02. The predicted octanol–water partition coefficient (Wildman–Crippen LogP) is 2.24. The van der Waals surface area contributed by atoms with Gasteiger partial charge < -0.3 is 10.5 Å². The first kappa shape index (κ1) is 12.0. The number of ether oxygens (including phenoxy) is 1. The fourth-order valence-corrected chi connectivity index (χ4v) is 1.54. The summed E-state index contributed by atoms with van der Waals surface area (Å²) < 4.78 is 5.14. The lowest BCUT2D eigenvalue weighted by molar-refractivity contribution is -0.384. The molecule has 0 spiro atoms. The lowest BCUT2D eigenvalue weighted by Gasteiger charge is -2.08. The van der Waals surface area contributed by atoms with Gasteiger partial charge in [-0.25, -0.2) is 0 Å². The number of hydrogen-bond acceptors (Lipinski definition) is 4. The van der Waals surface area contributed by atoms with Crippen molar-refractivity contribution in [2.45, 2.75) is 0 Å². The Bertz CT molecular complexity index is 361. The topological polar surface area (TPSA) is 78.4 Å². The van der Waals surface area contributed by atoms with Crippen LogP contribution in [0.2, 0.25) is 10.0 Å². The average Bonchev–Trinajstić information content (AvgIpc) is 2.16. The summed E-state index contributed by atoms with van der Waals surface area (Å²) in [5.74, 6) is 0.217. The second-order valence-corrected chi connectivity index (χ2v) is 3.45. The average molecular weight is 251 g/mol. The van der Waals surface area contributed by atoms with Gasteiger partial charge in [0.2, 0.25) is 0 Å². The molecule has 0 bridgehead atoms. The van der Waals surface area contributed by atoms with E-state index in [0.29, 0.717) is 6.54 Å². The Morgan fingerprint density at radius 3 is 2.33 bits per heavy atom. The molecule has 82 valence electrons. The molecule has 5 nitrogen and oxygen atoms in total. The van der Waals surface area contributed by atoms with Gasteiger partial charge in [-0.2, -0.15) is 0 Å². The molecule has 0 aliphatic rings. The number of nitro benzene ring substituents is 1. The van der Waals surface area contributed by atoms with Crippen LogP contribution in [0.3, 0.4) is 0 Å². The summed E-state index contributed by atoms with van der Waals surface area (Å²) in [6, 6.07) is 2.36. The third-order valence-electron chi connectivity index (χ3n) is 1.56. The maximum atomic E-state index is 10.5. The number of nitrogens with two attached hydrogens (primary N) is 1. The van der Waals surface area contributed by atoms with Gasteiger partial charge in [0.15, 0.2) is 5.75 Å². The first-order chi connectivity index (χ1) is 7.06. The molecule has 0 aliphatic heterocycles. The molecule has 1 aromatic rings. The number of nitrogens with zero attached hydrogens (tertiary/aromatic N) is 1. The van der Waals surface area contributed by atoms with E-state index in [4.69, 9.17) is 33.7 Å². The first-order valence-corrected chi connectivity index (χ1v) is 4.78. The third kappa shape index (κ3) is 2.95. The van der Waals surface area contributed by atoms with E-state index in [9.17, 15) is 10.1 Å². The van der Waals surface area contributed by atoms with Crippen LogP contribution in [0.1, 0.15) is 0 Å².